The number of H-pyrrole nitrogens is 1. The van der Waals surface area contributed by atoms with Crippen molar-refractivity contribution in [1.29, 1.82) is 0 Å². The number of aliphatic hydroxyl groups is 1. The molecule has 6 heteroatoms. The zero-order valence-electron chi connectivity index (χ0n) is 11.5. The van der Waals surface area contributed by atoms with Gasteiger partial charge < -0.3 is 10.4 Å². The second-order valence-corrected chi connectivity index (χ2v) is 4.65. The van der Waals surface area contributed by atoms with Crippen LogP contribution in [0.25, 0.3) is 11.4 Å². The molecular formula is C15H15N5O. The van der Waals surface area contributed by atoms with Gasteiger partial charge in [-0.2, -0.15) is 5.10 Å². The van der Waals surface area contributed by atoms with Gasteiger partial charge >= 0.3 is 0 Å². The fraction of sp³-hybridized carbons (Fsp3) is 0.133. The standard InChI is InChI=1S/C15H15N5O/c1-10(21)11-2-4-12(5-3-11)15-16-8-6-13(19-15)18-14-7-9-17-20-14/h2-10,21H,1H3,(H2,16,17,18,19,20). The van der Waals surface area contributed by atoms with Crippen LogP contribution in [-0.4, -0.2) is 25.3 Å². The van der Waals surface area contributed by atoms with Crippen LogP contribution in [0.1, 0.15) is 18.6 Å². The van der Waals surface area contributed by atoms with Crippen molar-refractivity contribution in [2.24, 2.45) is 0 Å². The van der Waals surface area contributed by atoms with E-state index >= 15 is 0 Å². The Labute approximate surface area is 121 Å². The van der Waals surface area contributed by atoms with Crippen LogP contribution in [0, 0.1) is 0 Å². The lowest BCUT2D eigenvalue weighted by Crippen LogP contribution is -1.97. The number of rotatable bonds is 4. The van der Waals surface area contributed by atoms with Gasteiger partial charge in [0.25, 0.3) is 0 Å². The molecule has 1 aromatic carbocycles. The molecule has 0 saturated heterocycles. The van der Waals surface area contributed by atoms with E-state index in [4.69, 9.17) is 0 Å². The Morgan fingerprint density at radius 3 is 2.57 bits per heavy atom. The van der Waals surface area contributed by atoms with Crippen molar-refractivity contribution in [3.05, 3.63) is 54.4 Å². The largest absolute Gasteiger partial charge is 0.389 e. The highest BCUT2D eigenvalue weighted by Gasteiger charge is 2.05. The summed E-state index contributed by atoms with van der Waals surface area (Å²) in [7, 11) is 0. The van der Waals surface area contributed by atoms with Crippen molar-refractivity contribution in [1.82, 2.24) is 20.2 Å². The first-order valence-corrected chi connectivity index (χ1v) is 6.60. The first kappa shape index (κ1) is 13.3. The maximum absolute atomic E-state index is 9.52. The molecule has 0 amide bonds. The van der Waals surface area contributed by atoms with Gasteiger partial charge in [0.15, 0.2) is 11.6 Å². The molecule has 0 fully saturated rings. The Morgan fingerprint density at radius 1 is 1.10 bits per heavy atom. The van der Waals surface area contributed by atoms with E-state index in [-0.39, 0.29) is 0 Å². The summed E-state index contributed by atoms with van der Waals surface area (Å²) in [6.45, 7) is 1.74. The second kappa shape index (κ2) is 5.72. The molecular weight excluding hydrogens is 266 g/mol. The average Bonchev–Trinajstić information content (AvgIpc) is 3.00. The minimum Gasteiger partial charge on any atom is -0.389 e. The fourth-order valence-corrected chi connectivity index (χ4v) is 1.94. The van der Waals surface area contributed by atoms with Crippen LogP contribution in [0.3, 0.4) is 0 Å². The average molecular weight is 281 g/mol. The van der Waals surface area contributed by atoms with E-state index in [0.717, 1.165) is 11.1 Å². The number of aromatic amines is 1. The highest BCUT2D eigenvalue weighted by Crippen LogP contribution is 2.20. The van der Waals surface area contributed by atoms with Gasteiger partial charge in [0, 0.05) is 24.0 Å². The van der Waals surface area contributed by atoms with Gasteiger partial charge in [-0.3, -0.25) is 5.10 Å². The Bertz CT molecular complexity index is 707. The molecule has 2 heterocycles. The highest BCUT2D eigenvalue weighted by atomic mass is 16.3. The number of nitrogens with zero attached hydrogens (tertiary/aromatic N) is 3. The van der Waals surface area contributed by atoms with Gasteiger partial charge in [-0.25, -0.2) is 9.97 Å². The first-order chi connectivity index (χ1) is 10.2. The Kier molecular flexibility index (Phi) is 3.61. The molecule has 21 heavy (non-hydrogen) atoms. The molecule has 2 aromatic heterocycles. The summed E-state index contributed by atoms with van der Waals surface area (Å²) < 4.78 is 0. The van der Waals surface area contributed by atoms with Gasteiger partial charge in [0.2, 0.25) is 0 Å². The van der Waals surface area contributed by atoms with Crippen LogP contribution >= 0.6 is 0 Å². The van der Waals surface area contributed by atoms with Crippen LogP contribution in [0.2, 0.25) is 0 Å². The smallest absolute Gasteiger partial charge is 0.161 e. The SMILES string of the molecule is CC(O)c1ccc(-c2nccc(Nc3cc[nH]n3)n2)cc1. The van der Waals surface area contributed by atoms with Crippen molar-refractivity contribution in [3.63, 3.8) is 0 Å². The molecule has 0 spiro atoms. The number of aliphatic hydroxyl groups excluding tert-OH is 1. The van der Waals surface area contributed by atoms with Crippen molar-refractivity contribution >= 4 is 11.6 Å². The van der Waals surface area contributed by atoms with Crippen LogP contribution in [0.15, 0.2) is 48.8 Å². The fourth-order valence-electron chi connectivity index (χ4n) is 1.94. The molecule has 0 aliphatic rings. The normalized spacial score (nSPS) is 12.1. The summed E-state index contributed by atoms with van der Waals surface area (Å²) in [4.78, 5) is 8.73. The summed E-state index contributed by atoms with van der Waals surface area (Å²) in [6.07, 6.45) is 2.95. The number of hydrogen-bond donors (Lipinski definition) is 3. The second-order valence-electron chi connectivity index (χ2n) is 4.65. The summed E-state index contributed by atoms with van der Waals surface area (Å²) in [5.41, 5.74) is 1.76. The topological polar surface area (TPSA) is 86.7 Å². The molecule has 6 nitrogen and oxygen atoms in total. The number of benzene rings is 1. The number of nitrogens with one attached hydrogen (secondary N) is 2. The third kappa shape index (κ3) is 3.06. The molecule has 0 saturated carbocycles. The lowest BCUT2D eigenvalue weighted by atomic mass is 10.1. The predicted octanol–water partition coefficient (Wildman–Crippen LogP) is 2.66. The van der Waals surface area contributed by atoms with Crippen LogP contribution < -0.4 is 5.32 Å². The molecule has 3 rings (SSSR count). The van der Waals surface area contributed by atoms with E-state index in [9.17, 15) is 5.11 Å². The van der Waals surface area contributed by atoms with Gasteiger partial charge in [0.1, 0.15) is 5.82 Å². The van der Waals surface area contributed by atoms with E-state index in [1.807, 2.05) is 30.3 Å². The molecule has 0 bridgehead atoms. The lowest BCUT2D eigenvalue weighted by molar-refractivity contribution is 0.199. The van der Waals surface area contributed by atoms with E-state index in [1.165, 1.54) is 0 Å². The number of hydrogen-bond acceptors (Lipinski definition) is 5. The van der Waals surface area contributed by atoms with E-state index in [0.29, 0.717) is 17.5 Å². The van der Waals surface area contributed by atoms with Crippen molar-refractivity contribution < 1.29 is 5.11 Å². The van der Waals surface area contributed by atoms with Gasteiger partial charge in [-0.1, -0.05) is 24.3 Å². The molecule has 106 valence electrons. The summed E-state index contributed by atoms with van der Waals surface area (Å²) in [6, 6.07) is 11.1. The molecule has 1 unspecified atom stereocenters. The van der Waals surface area contributed by atoms with Gasteiger partial charge in [-0.15, -0.1) is 0 Å². The summed E-state index contributed by atoms with van der Waals surface area (Å²) in [5.74, 6) is 1.99. The maximum Gasteiger partial charge on any atom is 0.161 e. The van der Waals surface area contributed by atoms with Crippen molar-refractivity contribution in [2.75, 3.05) is 5.32 Å². The third-order valence-electron chi connectivity index (χ3n) is 3.06. The van der Waals surface area contributed by atoms with Crippen LogP contribution in [0.4, 0.5) is 11.6 Å². The zero-order valence-corrected chi connectivity index (χ0v) is 11.5. The molecule has 3 N–H and O–H groups in total. The summed E-state index contributed by atoms with van der Waals surface area (Å²) in [5, 5.41) is 19.4. The molecule has 0 aliphatic carbocycles. The Balaban J connectivity index is 1.85. The molecule has 0 aliphatic heterocycles. The van der Waals surface area contributed by atoms with Gasteiger partial charge in [-0.05, 0) is 18.6 Å². The number of anilines is 2. The van der Waals surface area contributed by atoms with Crippen LogP contribution in [0.5, 0.6) is 0 Å². The number of aromatic nitrogens is 4. The Morgan fingerprint density at radius 2 is 1.90 bits per heavy atom. The quantitative estimate of drug-likeness (QED) is 0.684. The zero-order chi connectivity index (χ0) is 14.7. The maximum atomic E-state index is 9.52. The lowest BCUT2D eigenvalue weighted by Gasteiger charge is -2.07. The minimum absolute atomic E-state index is 0.479. The van der Waals surface area contributed by atoms with Gasteiger partial charge in [0.05, 0.1) is 6.10 Å². The molecule has 1 atom stereocenters. The van der Waals surface area contributed by atoms with Crippen LogP contribution in [-0.2, 0) is 0 Å². The van der Waals surface area contributed by atoms with E-state index < -0.39 is 6.10 Å². The minimum atomic E-state index is -0.479. The van der Waals surface area contributed by atoms with E-state index in [2.05, 4.69) is 25.5 Å². The van der Waals surface area contributed by atoms with E-state index in [1.54, 1.807) is 25.4 Å². The van der Waals surface area contributed by atoms with Crippen molar-refractivity contribution in [2.45, 2.75) is 13.0 Å². The van der Waals surface area contributed by atoms with Crippen molar-refractivity contribution in [3.8, 4) is 11.4 Å². The monoisotopic (exact) mass is 281 g/mol. The molecule has 3 aromatic rings. The highest BCUT2D eigenvalue weighted by molar-refractivity contribution is 5.59. The summed E-state index contributed by atoms with van der Waals surface area (Å²) >= 11 is 0. The Hall–Kier alpha value is -2.73. The third-order valence-corrected chi connectivity index (χ3v) is 3.06. The first-order valence-electron chi connectivity index (χ1n) is 6.60. The predicted molar refractivity (Wildman–Crippen MR) is 80.0 cm³/mol. The molecule has 0 radical (unpaired) electrons.